The van der Waals surface area contributed by atoms with E-state index in [0.717, 1.165) is 0 Å². The van der Waals surface area contributed by atoms with Gasteiger partial charge in [-0.2, -0.15) is 0 Å². The first-order chi connectivity index (χ1) is 12.5. The largest absolute Gasteiger partial charge is 0.480 e. The second kappa shape index (κ2) is 11.8. The van der Waals surface area contributed by atoms with Gasteiger partial charge < -0.3 is 32.5 Å². The lowest BCUT2D eigenvalue weighted by atomic mass is 9.99. The number of rotatable bonds is 12. The molecule has 0 aliphatic heterocycles. The highest BCUT2D eigenvalue weighted by Crippen LogP contribution is 2.08. The van der Waals surface area contributed by atoms with Crippen LogP contribution in [0, 0.1) is 5.92 Å². The molecule has 0 aromatic rings. The minimum atomic E-state index is -1.18. The smallest absolute Gasteiger partial charge is 0.326 e. The third-order valence-electron chi connectivity index (χ3n) is 4.05. The van der Waals surface area contributed by atoms with Gasteiger partial charge in [0.05, 0.1) is 6.54 Å². The van der Waals surface area contributed by atoms with Gasteiger partial charge >= 0.3 is 5.97 Å². The minimum Gasteiger partial charge on any atom is -0.480 e. The molecule has 4 atom stereocenters. The number of aliphatic carboxylic acids is 1. The summed E-state index contributed by atoms with van der Waals surface area (Å²) in [5.41, 5.74) is 10.2. The van der Waals surface area contributed by atoms with E-state index in [1.54, 1.807) is 13.8 Å². The van der Waals surface area contributed by atoms with E-state index >= 15 is 0 Å². The fraction of sp³-hybridized carbons (Fsp3) is 0.688. The van der Waals surface area contributed by atoms with Crippen molar-refractivity contribution in [1.29, 1.82) is 0 Å². The van der Waals surface area contributed by atoms with Crippen molar-refractivity contribution < 1.29 is 29.1 Å². The fourth-order valence-electron chi connectivity index (χ4n) is 2.15. The lowest BCUT2D eigenvalue weighted by Gasteiger charge is -2.24. The molecular formula is C16H29N5O6. The fourth-order valence-corrected chi connectivity index (χ4v) is 2.15. The van der Waals surface area contributed by atoms with E-state index in [-0.39, 0.29) is 25.3 Å². The zero-order chi connectivity index (χ0) is 21.1. The topological polar surface area (TPSA) is 194 Å². The molecule has 0 bridgehead atoms. The zero-order valence-electron chi connectivity index (χ0n) is 15.8. The molecule has 11 heteroatoms. The summed E-state index contributed by atoms with van der Waals surface area (Å²) in [5.74, 6) is -4.14. The summed E-state index contributed by atoms with van der Waals surface area (Å²) in [5, 5.41) is 16.3. The van der Waals surface area contributed by atoms with Gasteiger partial charge in [-0.05, 0) is 19.3 Å². The molecule has 27 heavy (non-hydrogen) atoms. The van der Waals surface area contributed by atoms with Crippen LogP contribution in [0.25, 0.3) is 0 Å². The Balaban J connectivity index is 4.97. The molecule has 0 saturated carbocycles. The number of primary amides is 1. The standard InChI is InChI=1S/C16H29N5O6/c1-4-8(2)13(16(26)27)21-14(24)9(3)19-15(25)10(5-6-11(18)22)20-12(23)7-17/h8-10,13H,4-7,17H2,1-3H3,(H2,18,22)(H,19,25)(H,20,23)(H,21,24)(H,26,27). The molecule has 0 aromatic heterocycles. The Bertz CT molecular complexity index is 568. The molecular weight excluding hydrogens is 358 g/mol. The monoisotopic (exact) mass is 387 g/mol. The Morgan fingerprint density at radius 2 is 1.59 bits per heavy atom. The van der Waals surface area contributed by atoms with E-state index in [0.29, 0.717) is 6.42 Å². The maximum atomic E-state index is 12.3. The normalized spacial score (nSPS) is 15.0. The third kappa shape index (κ3) is 8.99. The average Bonchev–Trinajstić information content (AvgIpc) is 2.61. The van der Waals surface area contributed by atoms with Crippen LogP contribution in [0.1, 0.15) is 40.0 Å². The second-order valence-corrected chi connectivity index (χ2v) is 6.27. The second-order valence-electron chi connectivity index (χ2n) is 6.27. The molecule has 0 saturated heterocycles. The number of amides is 4. The molecule has 4 unspecified atom stereocenters. The van der Waals surface area contributed by atoms with Gasteiger partial charge in [0, 0.05) is 6.42 Å². The molecule has 154 valence electrons. The van der Waals surface area contributed by atoms with Crippen molar-refractivity contribution in [3.63, 3.8) is 0 Å². The molecule has 0 aliphatic rings. The van der Waals surface area contributed by atoms with Gasteiger partial charge in [0.25, 0.3) is 0 Å². The van der Waals surface area contributed by atoms with Gasteiger partial charge in [-0.15, -0.1) is 0 Å². The summed E-state index contributed by atoms with van der Waals surface area (Å²) in [6.07, 6.45) is 0.322. The van der Waals surface area contributed by atoms with Crippen LogP contribution in [-0.2, 0) is 24.0 Å². The molecule has 4 amide bonds. The van der Waals surface area contributed by atoms with Crippen molar-refractivity contribution in [3.8, 4) is 0 Å². The summed E-state index contributed by atoms with van der Waals surface area (Å²) in [7, 11) is 0. The van der Waals surface area contributed by atoms with Gasteiger partial charge in [-0.1, -0.05) is 20.3 Å². The summed E-state index contributed by atoms with van der Waals surface area (Å²) in [6.45, 7) is 4.50. The molecule has 8 N–H and O–H groups in total. The Morgan fingerprint density at radius 1 is 1.00 bits per heavy atom. The number of carbonyl (C=O) groups is 5. The number of hydrogen-bond donors (Lipinski definition) is 6. The highest BCUT2D eigenvalue weighted by atomic mass is 16.4. The quantitative estimate of drug-likeness (QED) is 0.219. The van der Waals surface area contributed by atoms with Gasteiger partial charge in [-0.3, -0.25) is 19.2 Å². The van der Waals surface area contributed by atoms with Crippen molar-refractivity contribution in [2.75, 3.05) is 6.54 Å². The Morgan fingerprint density at radius 3 is 2.04 bits per heavy atom. The van der Waals surface area contributed by atoms with Crippen molar-refractivity contribution in [2.24, 2.45) is 17.4 Å². The van der Waals surface area contributed by atoms with E-state index in [2.05, 4.69) is 16.0 Å². The van der Waals surface area contributed by atoms with Crippen molar-refractivity contribution in [2.45, 2.75) is 58.2 Å². The number of nitrogens with two attached hydrogens (primary N) is 2. The Labute approximate surface area is 157 Å². The molecule has 0 aromatic carbocycles. The van der Waals surface area contributed by atoms with Gasteiger partial charge in [0.15, 0.2) is 0 Å². The molecule has 0 spiro atoms. The highest BCUT2D eigenvalue weighted by molar-refractivity contribution is 5.93. The molecule has 11 nitrogen and oxygen atoms in total. The van der Waals surface area contributed by atoms with Crippen LogP contribution in [0.3, 0.4) is 0 Å². The van der Waals surface area contributed by atoms with Crippen LogP contribution < -0.4 is 27.4 Å². The van der Waals surface area contributed by atoms with Crippen LogP contribution in [0.2, 0.25) is 0 Å². The molecule has 0 aliphatic carbocycles. The number of hydrogen-bond acceptors (Lipinski definition) is 6. The van der Waals surface area contributed by atoms with E-state index in [1.807, 2.05) is 0 Å². The van der Waals surface area contributed by atoms with Gasteiger partial charge in [0.2, 0.25) is 23.6 Å². The lowest BCUT2D eigenvalue weighted by Crippen LogP contribution is -2.56. The number of carbonyl (C=O) groups excluding carboxylic acids is 4. The number of carboxylic acids is 1. The summed E-state index contributed by atoms with van der Waals surface area (Å²) < 4.78 is 0. The summed E-state index contributed by atoms with van der Waals surface area (Å²) in [4.78, 5) is 58.2. The Kier molecular flexibility index (Phi) is 10.7. The first kappa shape index (κ1) is 24.3. The molecule has 0 rings (SSSR count). The zero-order valence-corrected chi connectivity index (χ0v) is 15.8. The third-order valence-corrected chi connectivity index (χ3v) is 4.05. The van der Waals surface area contributed by atoms with Crippen molar-refractivity contribution >= 4 is 29.6 Å². The van der Waals surface area contributed by atoms with E-state index in [4.69, 9.17) is 11.5 Å². The summed E-state index contributed by atoms with van der Waals surface area (Å²) >= 11 is 0. The maximum absolute atomic E-state index is 12.3. The summed E-state index contributed by atoms with van der Waals surface area (Å²) in [6, 6.07) is -3.26. The van der Waals surface area contributed by atoms with Gasteiger partial charge in [-0.25, -0.2) is 4.79 Å². The van der Waals surface area contributed by atoms with Gasteiger partial charge in [0.1, 0.15) is 18.1 Å². The molecule has 0 fully saturated rings. The Hall–Kier alpha value is -2.69. The highest BCUT2D eigenvalue weighted by Gasteiger charge is 2.29. The SMILES string of the molecule is CCC(C)C(NC(=O)C(C)NC(=O)C(CCC(N)=O)NC(=O)CN)C(=O)O. The molecule has 0 heterocycles. The predicted molar refractivity (Wildman–Crippen MR) is 96.0 cm³/mol. The van der Waals surface area contributed by atoms with Crippen LogP contribution in [-0.4, -0.2) is 59.4 Å². The minimum absolute atomic E-state index is 0.0636. The first-order valence-corrected chi connectivity index (χ1v) is 8.64. The van der Waals surface area contributed by atoms with Crippen LogP contribution in [0.15, 0.2) is 0 Å². The van der Waals surface area contributed by atoms with Crippen LogP contribution in [0.5, 0.6) is 0 Å². The lowest BCUT2D eigenvalue weighted by molar-refractivity contribution is -0.143. The average molecular weight is 387 g/mol. The predicted octanol–water partition coefficient (Wildman–Crippen LogP) is -2.18. The van der Waals surface area contributed by atoms with Crippen molar-refractivity contribution in [3.05, 3.63) is 0 Å². The number of carboxylic acid groups (broad SMARTS) is 1. The van der Waals surface area contributed by atoms with Crippen molar-refractivity contribution in [1.82, 2.24) is 16.0 Å². The first-order valence-electron chi connectivity index (χ1n) is 8.64. The van der Waals surface area contributed by atoms with Crippen LogP contribution in [0.4, 0.5) is 0 Å². The van der Waals surface area contributed by atoms with Crippen LogP contribution >= 0.6 is 0 Å². The van der Waals surface area contributed by atoms with E-state index < -0.39 is 47.7 Å². The van der Waals surface area contributed by atoms with E-state index in [9.17, 15) is 29.1 Å². The number of nitrogens with one attached hydrogen (secondary N) is 3. The van der Waals surface area contributed by atoms with E-state index in [1.165, 1.54) is 6.92 Å². The maximum Gasteiger partial charge on any atom is 0.326 e. The molecule has 0 radical (unpaired) electrons.